The first kappa shape index (κ1) is 82.9. The molecule has 0 saturated carbocycles. The topological polar surface area (TPSA) is 111 Å². The molecule has 0 spiro atoms. The number of unbranched alkanes of at least 4 members (excludes halogenated alkanes) is 36. The molecule has 2 atom stereocenters. The third-order valence-electron chi connectivity index (χ3n) is 15.6. The number of allylic oxidation sites excluding steroid dienone is 16. The summed E-state index contributed by atoms with van der Waals surface area (Å²) in [6.07, 6.45) is 92.3. The average molecular weight is 1220 g/mol. The number of phosphoric acid groups is 1. The van der Waals surface area contributed by atoms with Gasteiger partial charge in [-0.15, -0.1) is 0 Å². The van der Waals surface area contributed by atoms with E-state index in [-0.39, 0.29) is 26.1 Å². The highest BCUT2D eigenvalue weighted by atomic mass is 31.2. The summed E-state index contributed by atoms with van der Waals surface area (Å²) in [6.45, 7) is 4.11. The Kier molecular flexibility index (Phi) is 64.0. The summed E-state index contributed by atoms with van der Waals surface area (Å²) >= 11 is 0. The first-order chi connectivity index (χ1) is 42.0. The van der Waals surface area contributed by atoms with E-state index >= 15 is 0 Å². The minimum absolute atomic E-state index is 0.0431. The summed E-state index contributed by atoms with van der Waals surface area (Å²) in [7, 11) is 1.13. The molecule has 86 heavy (non-hydrogen) atoms. The van der Waals surface area contributed by atoms with Crippen LogP contribution < -0.4 is 4.89 Å². The molecule has 0 fully saturated rings. The van der Waals surface area contributed by atoms with Crippen LogP contribution in [0.15, 0.2) is 97.2 Å². The molecule has 498 valence electrons. The lowest BCUT2D eigenvalue weighted by molar-refractivity contribution is -0.870. The smallest absolute Gasteiger partial charge is 0.306 e. The third kappa shape index (κ3) is 70.0. The number of carbonyl (C=O) groups is 2. The molecule has 9 nitrogen and oxygen atoms in total. The number of likely N-dealkylation sites (N-methyl/N-ethyl adjacent to an activating group) is 1. The predicted octanol–water partition coefficient (Wildman–Crippen LogP) is 22.9. The van der Waals surface area contributed by atoms with Gasteiger partial charge in [-0.25, -0.2) is 0 Å². The monoisotopic (exact) mass is 1220 g/mol. The van der Waals surface area contributed by atoms with Crippen molar-refractivity contribution in [2.75, 3.05) is 47.5 Å². The molecule has 0 amide bonds. The van der Waals surface area contributed by atoms with Crippen LogP contribution in [0.4, 0.5) is 0 Å². The summed E-state index contributed by atoms with van der Waals surface area (Å²) in [6, 6.07) is 0. The number of quaternary nitrogens is 1. The van der Waals surface area contributed by atoms with Crippen molar-refractivity contribution in [2.45, 2.75) is 328 Å². The van der Waals surface area contributed by atoms with E-state index in [2.05, 4.69) is 111 Å². The minimum atomic E-state index is -4.66. The number of nitrogens with zero attached hydrogens (tertiary/aromatic N) is 1. The van der Waals surface area contributed by atoms with E-state index in [1.807, 2.05) is 21.1 Å². The molecule has 0 aliphatic rings. The zero-order valence-electron chi connectivity index (χ0n) is 56.7. The number of ether oxygens (including phenoxy) is 2. The molecule has 0 aromatic carbocycles. The van der Waals surface area contributed by atoms with Crippen molar-refractivity contribution < 1.29 is 42.1 Å². The highest BCUT2D eigenvalue weighted by Crippen LogP contribution is 2.38. The van der Waals surface area contributed by atoms with Gasteiger partial charge in [0.1, 0.15) is 19.8 Å². The van der Waals surface area contributed by atoms with Gasteiger partial charge in [-0.1, -0.05) is 329 Å². The molecule has 0 N–H and O–H groups in total. The number of esters is 2. The van der Waals surface area contributed by atoms with Gasteiger partial charge in [0.15, 0.2) is 6.10 Å². The Balaban J connectivity index is 4.06. The Bertz CT molecular complexity index is 1770. The number of carbonyl (C=O) groups excluding carboxylic acids is 2. The Hall–Kier alpha value is -3.07. The molecule has 0 aromatic heterocycles. The van der Waals surface area contributed by atoms with E-state index in [1.165, 1.54) is 205 Å². The molecule has 0 saturated heterocycles. The molecule has 10 heteroatoms. The average Bonchev–Trinajstić information content (AvgIpc) is 3.53. The van der Waals surface area contributed by atoms with Gasteiger partial charge in [-0.3, -0.25) is 14.2 Å². The fraction of sp³-hybridized carbons (Fsp3) is 0.763. The maximum atomic E-state index is 12.8. The van der Waals surface area contributed by atoms with Crippen molar-refractivity contribution in [1.82, 2.24) is 0 Å². The van der Waals surface area contributed by atoms with Crippen molar-refractivity contribution in [3.63, 3.8) is 0 Å². The van der Waals surface area contributed by atoms with Gasteiger partial charge in [0.25, 0.3) is 7.82 Å². The van der Waals surface area contributed by atoms with Crippen molar-refractivity contribution >= 4 is 19.8 Å². The minimum Gasteiger partial charge on any atom is -0.756 e. The van der Waals surface area contributed by atoms with E-state index < -0.39 is 32.5 Å². The summed E-state index contributed by atoms with van der Waals surface area (Å²) in [5.74, 6) is -0.878. The van der Waals surface area contributed by atoms with Crippen LogP contribution in [0.3, 0.4) is 0 Å². The molecule has 0 aromatic rings. The third-order valence-corrected chi connectivity index (χ3v) is 16.6. The Labute approximate surface area is 532 Å². The van der Waals surface area contributed by atoms with Crippen LogP contribution >= 0.6 is 7.82 Å². The lowest BCUT2D eigenvalue weighted by atomic mass is 10.0. The molecular weight excluding hydrogens is 1090 g/mol. The summed E-state index contributed by atoms with van der Waals surface area (Å²) in [5, 5.41) is 0. The van der Waals surface area contributed by atoms with Gasteiger partial charge >= 0.3 is 11.9 Å². The lowest BCUT2D eigenvalue weighted by Crippen LogP contribution is -2.37. The summed E-state index contributed by atoms with van der Waals surface area (Å²) in [5.41, 5.74) is 0. The van der Waals surface area contributed by atoms with Gasteiger partial charge in [-0.05, 0) is 77.0 Å². The lowest BCUT2D eigenvalue weighted by Gasteiger charge is -2.28. The second kappa shape index (κ2) is 66.4. The van der Waals surface area contributed by atoms with Crippen LogP contribution in [0.2, 0.25) is 0 Å². The fourth-order valence-corrected chi connectivity index (χ4v) is 10.9. The number of hydrogen-bond acceptors (Lipinski definition) is 8. The second-order valence-corrected chi connectivity index (χ2v) is 26.6. The van der Waals surface area contributed by atoms with Gasteiger partial charge in [0.2, 0.25) is 0 Å². The Morgan fingerprint density at radius 1 is 0.372 bits per heavy atom. The molecule has 2 unspecified atom stereocenters. The molecule has 0 radical (unpaired) electrons. The normalized spacial score (nSPS) is 13.7. The van der Waals surface area contributed by atoms with Crippen LogP contribution in [0.1, 0.15) is 322 Å². The van der Waals surface area contributed by atoms with Crippen molar-refractivity contribution in [3.05, 3.63) is 97.2 Å². The highest BCUT2D eigenvalue weighted by Gasteiger charge is 2.22. The zero-order valence-corrected chi connectivity index (χ0v) is 57.6. The maximum absolute atomic E-state index is 12.8. The number of phosphoric ester groups is 1. The Morgan fingerprint density at radius 2 is 0.663 bits per heavy atom. The molecular formula is C76H136NO8P. The van der Waals surface area contributed by atoms with E-state index in [0.717, 1.165) is 83.5 Å². The van der Waals surface area contributed by atoms with E-state index in [9.17, 15) is 19.0 Å². The van der Waals surface area contributed by atoms with Crippen molar-refractivity contribution in [3.8, 4) is 0 Å². The standard InChI is InChI=1S/C76H136NO8P/c1-6-8-10-12-14-16-18-20-22-24-26-28-30-32-34-35-36-37-38-39-40-41-43-44-46-48-50-52-54-56-58-60-62-64-66-68-75(78)82-72-74(73-84-86(80,81)83-71-70-77(3,4)5)85-76(79)69-67-65-63-61-59-57-55-53-51-49-47-45-42-33-31-29-27-25-23-21-19-17-15-13-11-9-7-2/h9,11,15,17,21,23,27,29,33,42,47,49,53,55,59,61,74H,6-8,10,12-14,16,18-20,22,24-26,28,30-32,34-41,43-46,48,50-52,54,56-58,60,62-73H2,1-5H3/b11-9-,17-15-,23-21-,29-27-,42-33-,49-47-,55-53-,61-59-. The first-order valence-corrected chi connectivity index (χ1v) is 37.4. The Morgan fingerprint density at radius 3 is 0.988 bits per heavy atom. The highest BCUT2D eigenvalue weighted by molar-refractivity contribution is 7.45. The molecule has 0 rings (SSSR count). The SMILES string of the molecule is CC/C=C\C/C=C\C/C=C\C/C=C\C/C=C\C/C=C\C/C=C\C/C=C\CCCCC(=O)OC(COC(=O)CCCCCCCCCCCCCCCCCCCCCCCCCCCCCCCCCCCCC)COP(=O)([O-])OCC[N+](C)(C)C. The van der Waals surface area contributed by atoms with Crippen LogP contribution in [0.25, 0.3) is 0 Å². The number of rotatable bonds is 66. The largest absolute Gasteiger partial charge is 0.756 e. The van der Waals surface area contributed by atoms with Crippen molar-refractivity contribution in [1.29, 1.82) is 0 Å². The van der Waals surface area contributed by atoms with Gasteiger partial charge < -0.3 is 27.9 Å². The van der Waals surface area contributed by atoms with Gasteiger partial charge in [0, 0.05) is 12.8 Å². The molecule has 0 aliphatic heterocycles. The molecule has 0 aliphatic carbocycles. The number of hydrogen-bond donors (Lipinski definition) is 0. The summed E-state index contributed by atoms with van der Waals surface area (Å²) < 4.78 is 34.2. The fourth-order valence-electron chi connectivity index (χ4n) is 10.1. The molecule has 0 heterocycles. The maximum Gasteiger partial charge on any atom is 0.306 e. The van der Waals surface area contributed by atoms with Crippen LogP contribution in [-0.4, -0.2) is 70.0 Å². The second-order valence-electron chi connectivity index (χ2n) is 25.2. The predicted molar refractivity (Wildman–Crippen MR) is 369 cm³/mol. The van der Waals surface area contributed by atoms with Crippen LogP contribution in [-0.2, 0) is 32.7 Å². The van der Waals surface area contributed by atoms with E-state index in [1.54, 1.807) is 0 Å². The van der Waals surface area contributed by atoms with Gasteiger partial charge in [-0.2, -0.15) is 0 Å². The first-order valence-electron chi connectivity index (χ1n) is 35.9. The van der Waals surface area contributed by atoms with Gasteiger partial charge in [0.05, 0.1) is 27.7 Å². The van der Waals surface area contributed by atoms with Crippen LogP contribution in [0.5, 0.6) is 0 Å². The quantitative estimate of drug-likeness (QED) is 0.0195. The van der Waals surface area contributed by atoms with E-state index in [4.69, 9.17) is 18.5 Å². The van der Waals surface area contributed by atoms with E-state index in [0.29, 0.717) is 17.4 Å². The molecule has 0 bridgehead atoms. The zero-order chi connectivity index (χ0) is 62.6. The van der Waals surface area contributed by atoms with Crippen LogP contribution in [0, 0.1) is 0 Å². The summed E-state index contributed by atoms with van der Waals surface area (Å²) in [4.78, 5) is 38.0. The van der Waals surface area contributed by atoms with Crippen molar-refractivity contribution in [2.24, 2.45) is 0 Å².